The number of nitrogens with two attached hydrogens (primary N) is 1. The summed E-state index contributed by atoms with van der Waals surface area (Å²) in [7, 11) is 0. The van der Waals surface area contributed by atoms with Gasteiger partial charge in [-0.1, -0.05) is 0 Å². The number of anilines is 1. The third-order valence-electron chi connectivity index (χ3n) is 1.95. The van der Waals surface area contributed by atoms with Crippen LogP contribution in [0, 0.1) is 0 Å². The van der Waals surface area contributed by atoms with E-state index in [4.69, 9.17) is 5.73 Å². The van der Waals surface area contributed by atoms with Crippen LogP contribution in [-0.2, 0) is 13.1 Å². The van der Waals surface area contributed by atoms with Crippen LogP contribution in [0.25, 0.3) is 0 Å². The van der Waals surface area contributed by atoms with Crippen LogP contribution in [0.15, 0.2) is 29.9 Å². The van der Waals surface area contributed by atoms with Gasteiger partial charge in [0.05, 0.1) is 5.69 Å². The van der Waals surface area contributed by atoms with Gasteiger partial charge < -0.3 is 11.1 Å². The average Bonchev–Trinajstić information content (AvgIpc) is 2.66. The number of rotatable bonds is 4. The molecule has 0 atom stereocenters. The Bertz CT molecular complexity index is 412. The van der Waals surface area contributed by atoms with E-state index in [0.717, 1.165) is 18.8 Å². The highest BCUT2D eigenvalue weighted by molar-refractivity contribution is 7.13. The number of nitrogen functional groups attached to an aromatic ring is 1. The maximum Gasteiger partial charge on any atom is 0.180 e. The summed E-state index contributed by atoms with van der Waals surface area (Å²) < 4.78 is 0. The van der Waals surface area contributed by atoms with E-state index in [-0.39, 0.29) is 0 Å². The molecule has 15 heavy (non-hydrogen) atoms. The summed E-state index contributed by atoms with van der Waals surface area (Å²) in [5.41, 5.74) is 7.74. The molecule has 78 valence electrons. The molecular weight excluding hydrogens is 208 g/mol. The van der Waals surface area contributed by atoms with Gasteiger partial charge in [-0.3, -0.25) is 4.98 Å². The summed E-state index contributed by atoms with van der Waals surface area (Å²) in [4.78, 5) is 8.12. The molecule has 0 unspecified atom stereocenters. The smallest absolute Gasteiger partial charge is 0.180 e. The van der Waals surface area contributed by atoms with Crippen LogP contribution in [-0.4, -0.2) is 9.97 Å². The van der Waals surface area contributed by atoms with E-state index in [1.54, 1.807) is 12.4 Å². The lowest BCUT2D eigenvalue weighted by atomic mass is 10.3. The van der Waals surface area contributed by atoms with Crippen molar-refractivity contribution in [1.29, 1.82) is 0 Å². The Balaban J connectivity index is 1.80. The van der Waals surface area contributed by atoms with E-state index >= 15 is 0 Å². The number of nitrogens with zero attached hydrogens (tertiary/aromatic N) is 2. The highest BCUT2D eigenvalue weighted by atomic mass is 32.1. The molecule has 2 rings (SSSR count). The number of aromatic nitrogens is 2. The van der Waals surface area contributed by atoms with Crippen molar-refractivity contribution >= 4 is 16.5 Å². The molecule has 0 aliphatic heterocycles. The fourth-order valence-electron chi connectivity index (χ4n) is 1.24. The van der Waals surface area contributed by atoms with Gasteiger partial charge in [0.2, 0.25) is 0 Å². The van der Waals surface area contributed by atoms with Crippen LogP contribution in [0.1, 0.15) is 11.3 Å². The minimum Gasteiger partial charge on any atom is -0.375 e. The van der Waals surface area contributed by atoms with E-state index < -0.39 is 0 Å². The van der Waals surface area contributed by atoms with Crippen molar-refractivity contribution in [3.05, 3.63) is 41.2 Å². The predicted octanol–water partition coefficient (Wildman–Crippen LogP) is 1.41. The van der Waals surface area contributed by atoms with Gasteiger partial charge in [0, 0.05) is 30.9 Å². The minimum absolute atomic E-state index is 0.621. The van der Waals surface area contributed by atoms with Crippen molar-refractivity contribution in [1.82, 2.24) is 15.3 Å². The fraction of sp³-hybridized carbons (Fsp3) is 0.200. The second-order valence-electron chi connectivity index (χ2n) is 3.14. The Morgan fingerprint density at radius 1 is 1.27 bits per heavy atom. The molecule has 0 aliphatic rings. The Morgan fingerprint density at radius 2 is 2.07 bits per heavy atom. The largest absolute Gasteiger partial charge is 0.375 e. The zero-order valence-electron chi connectivity index (χ0n) is 8.18. The number of hydrogen-bond acceptors (Lipinski definition) is 5. The van der Waals surface area contributed by atoms with Gasteiger partial charge >= 0.3 is 0 Å². The van der Waals surface area contributed by atoms with Crippen molar-refractivity contribution in [3.8, 4) is 0 Å². The Morgan fingerprint density at radius 3 is 2.73 bits per heavy atom. The molecule has 2 aromatic heterocycles. The van der Waals surface area contributed by atoms with Crippen LogP contribution < -0.4 is 11.1 Å². The zero-order valence-corrected chi connectivity index (χ0v) is 9.00. The highest BCUT2D eigenvalue weighted by Gasteiger charge is 1.97. The third kappa shape index (κ3) is 3.00. The summed E-state index contributed by atoms with van der Waals surface area (Å²) in [6.07, 6.45) is 3.58. The predicted molar refractivity (Wildman–Crippen MR) is 61.3 cm³/mol. The molecule has 2 heterocycles. The second-order valence-corrected chi connectivity index (χ2v) is 4.03. The van der Waals surface area contributed by atoms with E-state index in [0.29, 0.717) is 5.13 Å². The lowest BCUT2D eigenvalue weighted by molar-refractivity contribution is 0.682. The average molecular weight is 220 g/mol. The summed E-state index contributed by atoms with van der Waals surface area (Å²) in [5.74, 6) is 0. The van der Waals surface area contributed by atoms with Crippen molar-refractivity contribution in [2.45, 2.75) is 13.1 Å². The first-order valence-corrected chi connectivity index (χ1v) is 5.52. The van der Waals surface area contributed by atoms with Crippen LogP contribution in [0.2, 0.25) is 0 Å². The molecule has 0 radical (unpaired) electrons. The van der Waals surface area contributed by atoms with Crippen LogP contribution >= 0.6 is 11.3 Å². The first-order valence-electron chi connectivity index (χ1n) is 4.64. The lowest BCUT2D eigenvalue weighted by Gasteiger charge is -2.01. The Labute approximate surface area is 92.2 Å². The first kappa shape index (κ1) is 10.1. The van der Waals surface area contributed by atoms with Gasteiger partial charge in [-0.2, -0.15) is 0 Å². The molecule has 2 aromatic rings. The number of pyridine rings is 1. The highest BCUT2D eigenvalue weighted by Crippen LogP contribution is 2.10. The molecule has 0 spiro atoms. The van der Waals surface area contributed by atoms with E-state index in [1.807, 2.05) is 17.5 Å². The van der Waals surface area contributed by atoms with Gasteiger partial charge in [-0.15, -0.1) is 11.3 Å². The Hall–Kier alpha value is -1.46. The minimum atomic E-state index is 0.621. The summed E-state index contributed by atoms with van der Waals surface area (Å²) in [5, 5.41) is 5.88. The standard InChI is InChI=1S/C10H12N4S/c11-10-14-9(7-15-10)6-13-5-8-1-3-12-4-2-8/h1-4,7,13H,5-6H2,(H2,11,14). The van der Waals surface area contributed by atoms with Gasteiger partial charge in [0.1, 0.15) is 0 Å². The van der Waals surface area contributed by atoms with E-state index in [9.17, 15) is 0 Å². The van der Waals surface area contributed by atoms with E-state index in [1.165, 1.54) is 16.9 Å². The molecular formula is C10H12N4S. The van der Waals surface area contributed by atoms with Gasteiger partial charge in [0.15, 0.2) is 5.13 Å². The topological polar surface area (TPSA) is 63.8 Å². The third-order valence-corrected chi connectivity index (χ3v) is 2.68. The van der Waals surface area contributed by atoms with Crippen LogP contribution in [0.4, 0.5) is 5.13 Å². The molecule has 5 heteroatoms. The molecule has 0 saturated carbocycles. The second kappa shape index (κ2) is 4.86. The fourth-order valence-corrected chi connectivity index (χ4v) is 1.80. The quantitative estimate of drug-likeness (QED) is 0.817. The molecule has 4 nitrogen and oxygen atoms in total. The van der Waals surface area contributed by atoms with Gasteiger partial charge in [0.25, 0.3) is 0 Å². The van der Waals surface area contributed by atoms with Crippen molar-refractivity contribution in [2.75, 3.05) is 5.73 Å². The van der Waals surface area contributed by atoms with Crippen LogP contribution in [0.5, 0.6) is 0 Å². The molecule has 0 aliphatic carbocycles. The Kier molecular flexibility index (Phi) is 3.26. The maximum absolute atomic E-state index is 5.53. The maximum atomic E-state index is 5.53. The van der Waals surface area contributed by atoms with Crippen molar-refractivity contribution < 1.29 is 0 Å². The lowest BCUT2D eigenvalue weighted by Crippen LogP contribution is -2.12. The van der Waals surface area contributed by atoms with Crippen molar-refractivity contribution in [2.24, 2.45) is 0 Å². The zero-order chi connectivity index (χ0) is 10.5. The number of nitrogens with one attached hydrogen (secondary N) is 1. The van der Waals surface area contributed by atoms with Gasteiger partial charge in [-0.05, 0) is 17.7 Å². The van der Waals surface area contributed by atoms with Crippen LogP contribution in [0.3, 0.4) is 0 Å². The number of hydrogen-bond donors (Lipinski definition) is 2. The number of thiazole rings is 1. The molecule has 0 aromatic carbocycles. The molecule has 0 saturated heterocycles. The summed E-state index contributed by atoms with van der Waals surface area (Å²) in [6.45, 7) is 1.57. The molecule has 0 fully saturated rings. The monoisotopic (exact) mass is 220 g/mol. The first-order chi connectivity index (χ1) is 7.34. The van der Waals surface area contributed by atoms with Gasteiger partial charge in [-0.25, -0.2) is 4.98 Å². The molecule has 0 amide bonds. The van der Waals surface area contributed by atoms with Crippen molar-refractivity contribution in [3.63, 3.8) is 0 Å². The van der Waals surface area contributed by atoms with E-state index in [2.05, 4.69) is 15.3 Å². The summed E-state index contributed by atoms with van der Waals surface area (Å²) in [6, 6.07) is 3.98. The normalized spacial score (nSPS) is 10.4. The summed E-state index contributed by atoms with van der Waals surface area (Å²) >= 11 is 1.47. The molecule has 0 bridgehead atoms. The molecule has 3 N–H and O–H groups in total. The SMILES string of the molecule is Nc1nc(CNCc2ccncc2)cs1.